The molecule has 1 atom stereocenters. The lowest BCUT2D eigenvalue weighted by Gasteiger charge is -2.40. The van der Waals surface area contributed by atoms with Crippen LogP contribution in [0.5, 0.6) is 0 Å². The van der Waals surface area contributed by atoms with Gasteiger partial charge in [-0.05, 0) is 47.9 Å². The second kappa shape index (κ2) is 13.3. The summed E-state index contributed by atoms with van der Waals surface area (Å²) in [6.45, 7) is 3.67. The minimum absolute atomic E-state index is 0.0296. The summed E-state index contributed by atoms with van der Waals surface area (Å²) in [4.78, 5) is 30.5. The van der Waals surface area contributed by atoms with Crippen molar-refractivity contribution >= 4 is 34.3 Å². The van der Waals surface area contributed by atoms with Crippen LogP contribution in [-0.2, 0) is 11.2 Å². The van der Waals surface area contributed by atoms with Crippen LogP contribution in [0.25, 0.3) is 16.5 Å². The van der Waals surface area contributed by atoms with Gasteiger partial charge in [-0.15, -0.1) is 10.2 Å². The maximum absolute atomic E-state index is 13.5. The molecule has 6 rings (SSSR count). The van der Waals surface area contributed by atoms with Gasteiger partial charge in [0.05, 0.1) is 0 Å². The Morgan fingerprint density at radius 3 is 2.35 bits per heavy atom. The molecule has 4 aromatic carbocycles. The highest BCUT2D eigenvalue weighted by molar-refractivity contribution is 7.99. The quantitative estimate of drug-likeness (QED) is 0.150. The molecule has 43 heavy (non-hydrogen) atoms. The molecule has 2 amide bonds. The Bertz CT molecular complexity index is 1700. The van der Waals surface area contributed by atoms with Crippen molar-refractivity contribution in [3.63, 3.8) is 0 Å². The largest absolute Gasteiger partial charge is 0.339 e. The maximum atomic E-state index is 13.5. The van der Waals surface area contributed by atoms with Gasteiger partial charge in [-0.25, -0.2) is 0 Å². The molecule has 2 heterocycles. The number of para-hydroxylation sites is 1. The van der Waals surface area contributed by atoms with E-state index < -0.39 is 0 Å². The van der Waals surface area contributed by atoms with Crippen molar-refractivity contribution in [1.29, 1.82) is 0 Å². The normalized spacial score (nSPS) is 15.1. The summed E-state index contributed by atoms with van der Waals surface area (Å²) >= 11 is 1.63. The lowest BCUT2D eigenvalue weighted by atomic mass is 10.0. The molecule has 0 N–H and O–H groups in total. The van der Waals surface area contributed by atoms with E-state index >= 15 is 0 Å². The van der Waals surface area contributed by atoms with Crippen LogP contribution >= 0.6 is 11.8 Å². The predicted octanol–water partition coefficient (Wildman–Crippen LogP) is 6.26. The summed E-state index contributed by atoms with van der Waals surface area (Å²) < 4.78 is 2.12. The first-order valence-corrected chi connectivity index (χ1v) is 15.8. The summed E-state index contributed by atoms with van der Waals surface area (Å²) in [5.74, 6) is 1.82. The fourth-order valence-corrected chi connectivity index (χ4v) is 6.63. The SMILES string of the molecule is CC1CN(C(=O)CCCSc2nnc(Cc3ccccc3)n2-c2ccccc2)CCN1C(=O)c1cccc2ccccc12. The Morgan fingerprint density at radius 1 is 0.837 bits per heavy atom. The predicted molar refractivity (Wildman–Crippen MR) is 172 cm³/mol. The van der Waals surface area contributed by atoms with Crippen LogP contribution < -0.4 is 0 Å². The highest BCUT2D eigenvalue weighted by Crippen LogP contribution is 2.26. The highest BCUT2D eigenvalue weighted by Gasteiger charge is 2.30. The number of nitrogens with zero attached hydrogens (tertiary/aromatic N) is 5. The van der Waals surface area contributed by atoms with Crippen LogP contribution in [0.2, 0.25) is 0 Å². The molecule has 1 fully saturated rings. The Hall–Kier alpha value is -4.43. The molecule has 0 aliphatic carbocycles. The molecule has 218 valence electrons. The summed E-state index contributed by atoms with van der Waals surface area (Å²) in [5, 5.41) is 11.9. The highest BCUT2D eigenvalue weighted by atomic mass is 32.2. The van der Waals surface area contributed by atoms with E-state index in [1.165, 1.54) is 5.56 Å². The first-order valence-electron chi connectivity index (χ1n) is 14.8. The number of hydrogen-bond donors (Lipinski definition) is 0. The summed E-state index contributed by atoms with van der Waals surface area (Å²) in [6, 6.07) is 34.2. The third kappa shape index (κ3) is 6.49. The molecule has 1 aromatic heterocycles. The van der Waals surface area contributed by atoms with E-state index in [0.717, 1.165) is 45.2 Å². The molecule has 0 saturated carbocycles. The van der Waals surface area contributed by atoms with Crippen molar-refractivity contribution in [2.45, 2.75) is 37.4 Å². The topological polar surface area (TPSA) is 71.3 Å². The second-order valence-electron chi connectivity index (χ2n) is 10.9. The van der Waals surface area contributed by atoms with E-state index in [1.807, 2.05) is 95.6 Å². The molecule has 5 aromatic rings. The third-order valence-corrected chi connectivity index (χ3v) is 8.96. The molecule has 1 unspecified atom stereocenters. The molecule has 8 heteroatoms. The zero-order valence-electron chi connectivity index (χ0n) is 24.3. The summed E-state index contributed by atoms with van der Waals surface area (Å²) in [6.07, 6.45) is 1.89. The Morgan fingerprint density at radius 2 is 1.56 bits per heavy atom. The van der Waals surface area contributed by atoms with Crippen LogP contribution in [0.1, 0.15) is 41.5 Å². The fraction of sp³-hybridized carbons (Fsp3) is 0.257. The fourth-order valence-electron chi connectivity index (χ4n) is 5.72. The van der Waals surface area contributed by atoms with E-state index in [-0.39, 0.29) is 17.9 Å². The number of carbonyl (C=O) groups is 2. The zero-order valence-corrected chi connectivity index (χ0v) is 25.1. The third-order valence-electron chi connectivity index (χ3n) is 7.95. The number of thioether (sulfide) groups is 1. The average molecular weight is 590 g/mol. The number of fused-ring (bicyclic) bond motifs is 1. The number of hydrogen-bond acceptors (Lipinski definition) is 5. The Balaban J connectivity index is 1.04. The van der Waals surface area contributed by atoms with Crippen molar-refractivity contribution in [3.8, 4) is 5.69 Å². The van der Waals surface area contributed by atoms with Gasteiger partial charge < -0.3 is 9.80 Å². The molecular formula is C35H35N5O2S. The van der Waals surface area contributed by atoms with Crippen molar-refractivity contribution in [2.24, 2.45) is 0 Å². The van der Waals surface area contributed by atoms with Gasteiger partial charge in [-0.3, -0.25) is 14.2 Å². The standard InChI is InChI=1S/C35H35N5O2S/c1-26-25-38(21-22-39(26)34(42)31-19-10-15-28-14-8-9-18-30(28)31)33(41)20-11-23-43-35-37-36-32(24-27-12-4-2-5-13-27)40(35)29-16-6-3-7-17-29/h2-10,12-19,26H,11,20-25H2,1H3. The van der Waals surface area contributed by atoms with Crippen LogP contribution in [-0.4, -0.2) is 67.8 Å². The first-order chi connectivity index (χ1) is 21.1. The average Bonchev–Trinajstić information content (AvgIpc) is 3.45. The van der Waals surface area contributed by atoms with Gasteiger partial charge in [0.15, 0.2) is 5.16 Å². The smallest absolute Gasteiger partial charge is 0.254 e. The molecule has 1 saturated heterocycles. The number of carbonyl (C=O) groups excluding carboxylic acids is 2. The van der Waals surface area contributed by atoms with Gasteiger partial charge in [0.25, 0.3) is 5.91 Å². The van der Waals surface area contributed by atoms with Crippen molar-refractivity contribution < 1.29 is 9.59 Å². The van der Waals surface area contributed by atoms with Gasteiger partial charge in [0, 0.05) is 55.5 Å². The summed E-state index contributed by atoms with van der Waals surface area (Å²) in [5.41, 5.74) is 2.93. The van der Waals surface area contributed by atoms with Crippen LogP contribution in [0.3, 0.4) is 0 Å². The van der Waals surface area contributed by atoms with Crippen molar-refractivity contribution in [2.75, 3.05) is 25.4 Å². The van der Waals surface area contributed by atoms with Gasteiger partial charge in [0.1, 0.15) is 5.82 Å². The number of amides is 2. The molecule has 0 radical (unpaired) electrons. The minimum Gasteiger partial charge on any atom is -0.339 e. The lowest BCUT2D eigenvalue weighted by Crippen LogP contribution is -2.55. The molecule has 1 aliphatic heterocycles. The molecule has 1 aliphatic rings. The molecule has 0 bridgehead atoms. The van der Waals surface area contributed by atoms with Gasteiger partial charge in [0.2, 0.25) is 5.91 Å². The van der Waals surface area contributed by atoms with Crippen LogP contribution in [0, 0.1) is 0 Å². The van der Waals surface area contributed by atoms with Gasteiger partial charge in [-0.1, -0.05) is 96.7 Å². The maximum Gasteiger partial charge on any atom is 0.254 e. The summed E-state index contributed by atoms with van der Waals surface area (Å²) in [7, 11) is 0. The first kappa shape index (κ1) is 28.7. The lowest BCUT2D eigenvalue weighted by molar-refractivity contribution is -0.133. The van der Waals surface area contributed by atoms with E-state index in [4.69, 9.17) is 0 Å². The number of piperazine rings is 1. The van der Waals surface area contributed by atoms with E-state index in [1.54, 1.807) is 11.8 Å². The zero-order chi connectivity index (χ0) is 29.6. The van der Waals surface area contributed by atoms with E-state index in [0.29, 0.717) is 32.5 Å². The number of aromatic nitrogens is 3. The van der Waals surface area contributed by atoms with Crippen molar-refractivity contribution in [1.82, 2.24) is 24.6 Å². The molecular weight excluding hydrogens is 554 g/mol. The minimum atomic E-state index is -0.0500. The monoisotopic (exact) mass is 589 g/mol. The Kier molecular flexibility index (Phi) is 8.84. The number of rotatable bonds is 9. The van der Waals surface area contributed by atoms with E-state index in [9.17, 15) is 9.59 Å². The van der Waals surface area contributed by atoms with Crippen molar-refractivity contribution in [3.05, 3.63) is 120 Å². The number of benzene rings is 4. The van der Waals surface area contributed by atoms with Crippen LogP contribution in [0.4, 0.5) is 0 Å². The Labute approximate surface area is 256 Å². The molecule has 7 nitrogen and oxygen atoms in total. The van der Waals surface area contributed by atoms with Gasteiger partial charge in [-0.2, -0.15) is 0 Å². The molecule has 0 spiro atoms. The van der Waals surface area contributed by atoms with Gasteiger partial charge >= 0.3 is 0 Å². The second-order valence-corrected chi connectivity index (χ2v) is 12.0. The van der Waals surface area contributed by atoms with E-state index in [2.05, 4.69) is 39.0 Å². The van der Waals surface area contributed by atoms with Crippen LogP contribution in [0.15, 0.2) is 108 Å².